The molecule has 29 heavy (non-hydrogen) atoms. The number of ether oxygens (including phenoxy) is 1. The maximum Gasteiger partial charge on any atom is 0.216 e. The third-order valence-corrected chi connectivity index (χ3v) is 5.28. The molecule has 0 aromatic heterocycles. The van der Waals surface area contributed by atoms with Crippen LogP contribution in [0.25, 0.3) is 0 Å². The monoisotopic (exact) mass is 540 g/mol. The van der Waals surface area contributed by atoms with Gasteiger partial charge >= 0.3 is 0 Å². The molecule has 3 N–H and O–H groups in total. The first-order chi connectivity index (χ1) is 13.2. The molecule has 168 valence electrons. The minimum absolute atomic E-state index is 0. The van der Waals surface area contributed by atoms with Crippen molar-refractivity contribution in [3.63, 3.8) is 0 Å². The molecule has 0 atom stereocenters. The van der Waals surface area contributed by atoms with Crippen molar-refractivity contribution in [2.24, 2.45) is 10.9 Å². The van der Waals surface area contributed by atoms with Crippen molar-refractivity contribution in [2.45, 2.75) is 52.5 Å². The lowest BCUT2D eigenvalue weighted by molar-refractivity contribution is 0.108. The Kier molecular flexibility index (Phi) is 14.5. The maximum atomic E-state index is 12.2. The zero-order valence-corrected chi connectivity index (χ0v) is 21.3. The Hall–Kier alpha value is -0.910. The molecule has 0 bridgehead atoms. The van der Waals surface area contributed by atoms with Crippen molar-refractivity contribution < 1.29 is 13.2 Å². The van der Waals surface area contributed by atoms with Gasteiger partial charge in [0.1, 0.15) is 0 Å². The van der Waals surface area contributed by atoms with E-state index in [1.54, 1.807) is 7.05 Å². The summed E-state index contributed by atoms with van der Waals surface area (Å²) >= 11 is 0. The Morgan fingerprint density at radius 2 is 1.76 bits per heavy atom. The Bertz CT molecular complexity index is 709. The molecule has 0 spiro atoms. The normalized spacial score (nSPS) is 12.2. The molecule has 0 saturated heterocycles. The predicted molar refractivity (Wildman–Crippen MR) is 131 cm³/mol. The topological polar surface area (TPSA) is 91.8 Å². The lowest BCUT2D eigenvalue weighted by atomic mass is 10.1. The van der Waals surface area contributed by atoms with Gasteiger partial charge < -0.3 is 15.4 Å². The van der Waals surface area contributed by atoms with E-state index in [9.17, 15) is 8.42 Å². The SMILES string of the molecule is CN=C(NCCCOCC(C)C)NCc1ccccc1CS(=O)(=O)NC(C)C.I. The van der Waals surface area contributed by atoms with Crippen LogP contribution in [0.1, 0.15) is 45.2 Å². The number of nitrogens with zero attached hydrogens (tertiary/aromatic N) is 1. The van der Waals surface area contributed by atoms with Crippen LogP contribution >= 0.6 is 24.0 Å². The summed E-state index contributed by atoms with van der Waals surface area (Å²) in [5.74, 6) is 1.19. The third kappa shape index (κ3) is 13.1. The highest BCUT2D eigenvalue weighted by molar-refractivity contribution is 14.0. The smallest absolute Gasteiger partial charge is 0.216 e. The average molecular weight is 541 g/mol. The first-order valence-corrected chi connectivity index (χ1v) is 11.5. The van der Waals surface area contributed by atoms with Gasteiger partial charge in [-0.25, -0.2) is 13.1 Å². The molecular formula is C20H37IN4O3S. The molecule has 7 nitrogen and oxygen atoms in total. The van der Waals surface area contributed by atoms with Gasteiger partial charge in [0.2, 0.25) is 10.0 Å². The van der Waals surface area contributed by atoms with Gasteiger partial charge in [0, 0.05) is 39.4 Å². The molecule has 0 radical (unpaired) electrons. The standard InChI is InChI=1S/C20H36N4O3S.HI/c1-16(2)14-27-12-8-11-22-20(21-5)23-13-18-9-6-7-10-19(18)15-28(25,26)24-17(3)4;/h6-7,9-10,16-17,24H,8,11-15H2,1-5H3,(H2,21,22,23);1H. The second-order valence-corrected chi connectivity index (χ2v) is 9.23. The average Bonchev–Trinajstić information content (AvgIpc) is 2.60. The van der Waals surface area contributed by atoms with Crippen LogP contribution in [0.2, 0.25) is 0 Å². The van der Waals surface area contributed by atoms with Gasteiger partial charge in [-0.1, -0.05) is 38.1 Å². The highest BCUT2D eigenvalue weighted by atomic mass is 127. The zero-order chi connectivity index (χ0) is 21.0. The van der Waals surface area contributed by atoms with Crippen molar-refractivity contribution >= 4 is 40.0 Å². The molecule has 0 aliphatic heterocycles. The fraction of sp³-hybridized carbons (Fsp3) is 0.650. The van der Waals surface area contributed by atoms with Gasteiger partial charge in [-0.2, -0.15) is 0 Å². The second kappa shape index (κ2) is 15.0. The molecule has 1 aromatic carbocycles. The molecule has 1 rings (SSSR count). The van der Waals surface area contributed by atoms with Gasteiger partial charge in [0.15, 0.2) is 5.96 Å². The Morgan fingerprint density at radius 3 is 2.34 bits per heavy atom. The zero-order valence-electron chi connectivity index (χ0n) is 18.2. The first-order valence-electron chi connectivity index (χ1n) is 9.82. The number of benzene rings is 1. The summed E-state index contributed by atoms with van der Waals surface area (Å²) in [5.41, 5.74) is 1.71. The molecule has 0 heterocycles. The molecule has 0 fully saturated rings. The number of hydrogen-bond acceptors (Lipinski definition) is 4. The van der Waals surface area contributed by atoms with Gasteiger partial charge in [0.25, 0.3) is 0 Å². The van der Waals surface area contributed by atoms with Crippen molar-refractivity contribution in [1.82, 2.24) is 15.4 Å². The fourth-order valence-electron chi connectivity index (χ4n) is 2.58. The van der Waals surface area contributed by atoms with E-state index >= 15 is 0 Å². The highest BCUT2D eigenvalue weighted by Gasteiger charge is 2.15. The summed E-state index contributed by atoms with van der Waals surface area (Å²) in [4.78, 5) is 4.22. The van der Waals surface area contributed by atoms with Crippen LogP contribution in [0.5, 0.6) is 0 Å². The predicted octanol–water partition coefficient (Wildman–Crippen LogP) is 2.86. The number of halogens is 1. The Labute approximate surface area is 193 Å². The molecule has 0 unspecified atom stereocenters. The number of aliphatic imine (C=N–C) groups is 1. The van der Waals surface area contributed by atoms with E-state index in [0.717, 1.165) is 30.7 Å². The lowest BCUT2D eigenvalue weighted by Crippen LogP contribution is -2.38. The van der Waals surface area contributed by atoms with E-state index in [0.29, 0.717) is 25.0 Å². The summed E-state index contributed by atoms with van der Waals surface area (Å²) in [7, 11) is -1.65. The summed E-state index contributed by atoms with van der Waals surface area (Å²) in [6.45, 7) is 10.6. The van der Waals surface area contributed by atoms with Gasteiger partial charge in [-0.3, -0.25) is 4.99 Å². The number of rotatable bonds is 12. The van der Waals surface area contributed by atoms with Crippen LogP contribution < -0.4 is 15.4 Å². The van der Waals surface area contributed by atoms with Gasteiger partial charge in [-0.15, -0.1) is 24.0 Å². The van der Waals surface area contributed by atoms with Crippen molar-refractivity contribution in [3.05, 3.63) is 35.4 Å². The van der Waals surface area contributed by atoms with Crippen LogP contribution in [0.15, 0.2) is 29.3 Å². The summed E-state index contributed by atoms with van der Waals surface area (Å²) in [6.07, 6.45) is 0.892. The number of hydrogen-bond donors (Lipinski definition) is 3. The third-order valence-electron chi connectivity index (χ3n) is 3.76. The van der Waals surface area contributed by atoms with E-state index in [1.165, 1.54) is 0 Å². The molecular weight excluding hydrogens is 503 g/mol. The first kappa shape index (κ1) is 28.1. The van der Waals surface area contributed by atoms with Crippen molar-refractivity contribution in [2.75, 3.05) is 26.8 Å². The van der Waals surface area contributed by atoms with Crippen LogP contribution in [-0.4, -0.2) is 47.2 Å². The molecule has 9 heteroatoms. The number of nitrogens with one attached hydrogen (secondary N) is 3. The van der Waals surface area contributed by atoms with E-state index in [-0.39, 0.29) is 35.8 Å². The van der Waals surface area contributed by atoms with E-state index < -0.39 is 10.0 Å². The number of sulfonamides is 1. The Balaban J connectivity index is 0.00000784. The van der Waals surface area contributed by atoms with Crippen LogP contribution in [-0.2, 0) is 27.1 Å². The highest BCUT2D eigenvalue weighted by Crippen LogP contribution is 2.12. The molecule has 0 aliphatic rings. The van der Waals surface area contributed by atoms with Gasteiger partial charge in [-0.05, 0) is 37.3 Å². The summed E-state index contributed by atoms with van der Waals surface area (Å²) < 4.78 is 32.7. The molecule has 0 aliphatic carbocycles. The van der Waals surface area contributed by atoms with E-state index in [2.05, 4.69) is 34.2 Å². The summed E-state index contributed by atoms with van der Waals surface area (Å²) in [6, 6.07) is 7.42. The number of guanidine groups is 1. The minimum Gasteiger partial charge on any atom is -0.381 e. The second-order valence-electron chi connectivity index (χ2n) is 7.48. The molecule has 0 saturated carbocycles. The van der Waals surface area contributed by atoms with Crippen molar-refractivity contribution in [3.8, 4) is 0 Å². The Morgan fingerprint density at radius 1 is 1.10 bits per heavy atom. The van der Waals surface area contributed by atoms with E-state index in [1.807, 2.05) is 38.1 Å². The maximum absolute atomic E-state index is 12.2. The van der Waals surface area contributed by atoms with Crippen LogP contribution in [0.3, 0.4) is 0 Å². The van der Waals surface area contributed by atoms with Crippen molar-refractivity contribution in [1.29, 1.82) is 0 Å². The van der Waals surface area contributed by atoms with Gasteiger partial charge in [0.05, 0.1) is 5.75 Å². The molecule has 0 amide bonds. The summed E-state index contributed by atoms with van der Waals surface area (Å²) in [5, 5.41) is 6.49. The van der Waals surface area contributed by atoms with Crippen LogP contribution in [0.4, 0.5) is 0 Å². The van der Waals surface area contributed by atoms with Crippen LogP contribution in [0, 0.1) is 5.92 Å². The minimum atomic E-state index is -3.37. The largest absolute Gasteiger partial charge is 0.381 e. The molecule has 1 aromatic rings. The lowest BCUT2D eigenvalue weighted by Gasteiger charge is -2.15. The quantitative estimate of drug-likeness (QED) is 0.164. The van der Waals surface area contributed by atoms with E-state index in [4.69, 9.17) is 4.74 Å². The fourth-order valence-corrected chi connectivity index (χ4v) is 4.07.